The third-order valence-electron chi connectivity index (χ3n) is 2.00. The van der Waals surface area contributed by atoms with Crippen LogP contribution in [-0.2, 0) is 16.1 Å². The van der Waals surface area contributed by atoms with E-state index in [2.05, 4.69) is 10.3 Å². The summed E-state index contributed by atoms with van der Waals surface area (Å²) in [7, 11) is 0. The first kappa shape index (κ1) is 15.1. The Morgan fingerprint density at radius 1 is 1.47 bits per heavy atom. The molecule has 5 nitrogen and oxygen atoms in total. The van der Waals surface area contributed by atoms with Crippen LogP contribution >= 0.6 is 11.3 Å². The SMILES string of the molecule is C/C=C/C=C/C(=O)NCc1nc(C(=O)OCC)cs1. The summed E-state index contributed by atoms with van der Waals surface area (Å²) in [5, 5.41) is 4.96. The van der Waals surface area contributed by atoms with Gasteiger partial charge >= 0.3 is 5.97 Å². The number of rotatable bonds is 6. The van der Waals surface area contributed by atoms with Crippen LogP contribution in [0.2, 0.25) is 0 Å². The summed E-state index contributed by atoms with van der Waals surface area (Å²) in [6.07, 6.45) is 6.68. The van der Waals surface area contributed by atoms with Gasteiger partial charge in [-0.2, -0.15) is 0 Å². The molecule has 1 aromatic heterocycles. The molecule has 1 amide bonds. The lowest BCUT2D eigenvalue weighted by molar-refractivity contribution is -0.116. The summed E-state index contributed by atoms with van der Waals surface area (Å²) in [6.45, 7) is 4.22. The van der Waals surface area contributed by atoms with Crippen LogP contribution in [0.4, 0.5) is 0 Å². The van der Waals surface area contributed by atoms with Crippen LogP contribution < -0.4 is 5.32 Å². The number of nitrogens with one attached hydrogen (secondary N) is 1. The summed E-state index contributed by atoms with van der Waals surface area (Å²) in [5.41, 5.74) is 0.278. The molecule has 0 aromatic carbocycles. The maximum atomic E-state index is 11.4. The minimum Gasteiger partial charge on any atom is -0.461 e. The number of carbonyl (C=O) groups excluding carboxylic acids is 2. The first-order valence-electron chi connectivity index (χ1n) is 5.86. The van der Waals surface area contributed by atoms with E-state index < -0.39 is 5.97 Å². The van der Waals surface area contributed by atoms with Crippen molar-refractivity contribution in [1.29, 1.82) is 0 Å². The number of carbonyl (C=O) groups is 2. The van der Waals surface area contributed by atoms with Crippen molar-refractivity contribution in [2.45, 2.75) is 20.4 Å². The Kier molecular flexibility index (Phi) is 6.52. The van der Waals surface area contributed by atoms with E-state index in [1.54, 1.807) is 24.5 Å². The van der Waals surface area contributed by atoms with Crippen molar-refractivity contribution in [3.05, 3.63) is 40.4 Å². The number of thiazole rings is 1. The van der Waals surface area contributed by atoms with E-state index in [9.17, 15) is 9.59 Å². The lowest BCUT2D eigenvalue weighted by Gasteiger charge is -1.98. The fourth-order valence-corrected chi connectivity index (χ4v) is 1.87. The van der Waals surface area contributed by atoms with E-state index in [1.165, 1.54) is 17.4 Å². The van der Waals surface area contributed by atoms with Crippen LogP contribution in [0.25, 0.3) is 0 Å². The largest absolute Gasteiger partial charge is 0.461 e. The molecule has 1 N–H and O–H groups in total. The average Bonchev–Trinajstić information content (AvgIpc) is 2.86. The van der Waals surface area contributed by atoms with Crippen molar-refractivity contribution in [3.8, 4) is 0 Å². The van der Waals surface area contributed by atoms with Gasteiger partial charge in [-0.05, 0) is 13.8 Å². The number of esters is 1. The molecule has 6 heteroatoms. The molecule has 0 spiro atoms. The van der Waals surface area contributed by atoms with E-state index in [-0.39, 0.29) is 11.6 Å². The number of amides is 1. The van der Waals surface area contributed by atoms with E-state index in [0.29, 0.717) is 18.2 Å². The maximum Gasteiger partial charge on any atom is 0.357 e. The molecule has 0 saturated heterocycles. The Bertz CT molecular complexity index is 492. The minimum absolute atomic E-state index is 0.203. The quantitative estimate of drug-likeness (QED) is 0.492. The number of ether oxygens (including phenoxy) is 1. The topological polar surface area (TPSA) is 68.3 Å². The van der Waals surface area contributed by atoms with Gasteiger partial charge in [-0.1, -0.05) is 18.2 Å². The van der Waals surface area contributed by atoms with E-state index in [0.717, 1.165) is 0 Å². The summed E-state index contributed by atoms with van der Waals surface area (Å²) in [5.74, 6) is -0.643. The van der Waals surface area contributed by atoms with Crippen LogP contribution in [0.5, 0.6) is 0 Å². The van der Waals surface area contributed by atoms with Crippen molar-refractivity contribution < 1.29 is 14.3 Å². The fourth-order valence-electron chi connectivity index (χ4n) is 1.17. The molecular weight excluding hydrogens is 264 g/mol. The van der Waals surface area contributed by atoms with Gasteiger partial charge in [0, 0.05) is 11.5 Å². The molecule has 1 rings (SSSR count). The number of nitrogens with zero attached hydrogens (tertiary/aromatic N) is 1. The van der Waals surface area contributed by atoms with Gasteiger partial charge in [-0.25, -0.2) is 9.78 Å². The second-order valence-corrected chi connectivity index (χ2v) is 4.39. The highest BCUT2D eigenvalue weighted by molar-refractivity contribution is 7.09. The molecule has 0 aliphatic rings. The highest BCUT2D eigenvalue weighted by atomic mass is 32.1. The first-order valence-corrected chi connectivity index (χ1v) is 6.74. The predicted octanol–water partition coefficient (Wildman–Crippen LogP) is 2.07. The van der Waals surface area contributed by atoms with Crippen LogP contribution in [0, 0.1) is 0 Å². The van der Waals surface area contributed by atoms with Gasteiger partial charge in [0.1, 0.15) is 5.01 Å². The monoisotopic (exact) mass is 280 g/mol. The number of aromatic nitrogens is 1. The molecule has 0 bridgehead atoms. The van der Waals surface area contributed by atoms with Crippen molar-refractivity contribution in [2.75, 3.05) is 6.61 Å². The van der Waals surface area contributed by atoms with Gasteiger partial charge in [0.2, 0.25) is 5.91 Å². The maximum absolute atomic E-state index is 11.4. The summed E-state index contributed by atoms with van der Waals surface area (Å²) < 4.78 is 4.83. The lowest BCUT2D eigenvalue weighted by atomic mass is 10.4. The van der Waals surface area contributed by atoms with Crippen molar-refractivity contribution >= 4 is 23.2 Å². The van der Waals surface area contributed by atoms with Gasteiger partial charge in [0.05, 0.1) is 13.2 Å². The zero-order valence-corrected chi connectivity index (χ0v) is 11.7. The molecule has 0 aliphatic heterocycles. The summed E-state index contributed by atoms with van der Waals surface area (Å²) in [4.78, 5) is 26.9. The van der Waals surface area contributed by atoms with Gasteiger partial charge in [-0.3, -0.25) is 4.79 Å². The molecule has 1 aromatic rings. The molecule has 1 heterocycles. The van der Waals surface area contributed by atoms with Crippen molar-refractivity contribution in [3.63, 3.8) is 0 Å². The Morgan fingerprint density at radius 3 is 2.95 bits per heavy atom. The minimum atomic E-state index is -0.440. The Balaban J connectivity index is 2.46. The van der Waals surface area contributed by atoms with Crippen LogP contribution in [0.1, 0.15) is 29.3 Å². The molecule has 0 radical (unpaired) electrons. The molecule has 0 aliphatic carbocycles. The van der Waals surface area contributed by atoms with Crippen molar-refractivity contribution in [2.24, 2.45) is 0 Å². The van der Waals surface area contributed by atoms with Gasteiger partial charge < -0.3 is 10.1 Å². The molecule has 0 unspecified atom stereocenters. The molecule has 0 saturated carbocycles. The van der Waals surface area contributed by atoms with E-state index >= 15 is 0 Å². The van der Waals surface area contributed by atoms with E-state index in [1.807, 2.05) is 13.0 Å². The highest BCUT2D eigenvalue weighted by Gasteiger charge is 2.11. The fraction of sp³-hybridized carbons (Fsp3) is 0.308. The number of allylic oxidation sites excluding steroid dienone is 3. The number of hydrogen-bond donors (Lipinski definition) is 1. The molecule has 102 valence electrons. The zero-order chi connectivity index (χ0) is 14.1. The average molecular weight is 280 g/mol. The van der Waals surface area contributed by atoms with Gasteiger partial charge in [0.25, 0.3) is 0 Å². The van der Waals surface area contributed by atoms with Gasteiger partial charge in [0.15, 0.2) is 5.69 Å². The Hall–Kier alpha value is -1.95. The molecule has 0 atom stereocenters. The number of hydrogen-bond acceptors (Lipinski definition) is 5. The third-order valence-corrected chi connectivity index (χ3v) is 2.85. The molecule has 19 heavy (non-hydrogen) atoms. The van der Waals surface area contributed by atoms with Gasteiger partial charge in [-0.15, -0.1) is 11.3 Å². The normalized spacial score (nSPS) is 11.1. The van der Waals surface area contributed by atoms with E-state index in [4.69, 9.17) is 4.74 Å². The second-order valence-electron chi connectivity index (χ2n) is 3.45. The predicted molar refractivity (Wildman–Crippen MR) is 73.9 cm³/mol. The van der Waals surface area contributed by atoms with Crippen LogP contribution in [0.3, 0.4) is 0 Å². The van der Waals surface area contributed by atoms with Crippen LogP contribution in [-0.4, -0.2) is 23.5 Å². The van der Waals surface area contributed by atoms with Crippen LogP contribution in [0.15, 0.2) is 29.7 Å². The Labute approximate surface area is 116 Å². The summed E-state index contributed by atoms with van der Waals surface area (Å²) >= 11 is 1.31. The van der Waals surface area contributed by atoms with Crippen molar-refractivity contribution in [1.82, 2.24) is 10.3 Å². The second kappa shape index (κ2) is 8.20. The third kappa shape index (κ3) is 5.48. The highest BCUT2D eigenvalue weighted by Crippen LogP contribution is 2.10. The Morgan fingerprint density at radius 2 is 2.26 bits per heavy atom. The first-order chi connectivity index (χ1) is 9.17. The molecular formula is C13H16N2O3S. The lowest BCUT2D eigenvalue weighted by Crippen LogP contribution is -2.20. The zero-order valence-electron chi connectivity index (χ0n) is 10.9. The standard InChI is InChI=1S/C13H16N2O3S/c1-3-5-6-7-11(16)14-8-12-15-10(9-19-12)13(17)18-4-2/h3,5-7,9H,4,8H2,1-2H3,(H,14,16)/b5-3+,7-6+. The molecule has 0 fully saturated rings. The smallest absolute Gasteiger partial charge is 0.357 e. The summed E-state index contributed by atoms with van der Waals surface area (Å²) in [6, 6.07) is 0.